The highest BCUT2D eigenvalue weighted by Gasteiger charge is 2.32. The van der Waals surface area contributed by atoms with Gasteiger partial charge in [-0.15, -0.1) is 0 Å². The van der Waals surface area contributed by atoms with E-state index in [9.17, 15) is 9.59 Å². The number of nitrogens with zero attached hydrogens (tertiary/aromatic N) is 1. The van der Waals surface area contributed by atoms with Gasteiger partial charge in [0, 0.05) is 12.0 Å². The maximum absolute atomic E-state index is 12.0. The number of ether oxygens (including phenoxy) is 1. The van der Waals surface area contributed by atoms with Crippen molar-refractivity contribution in [2.75, 3.05) is 7.11 Å². The molecule has 1 aromatic carbocycles. The molecule has 1 aromatic rings. The first-order valence-electron chi connectivity index (χ1n) is 6.82. The SMILES string of the molecule is CCc1ccc(OC)c(CN2C(=O)CCC(N)C2=O)c1. The number of likely N-dealkylation sites (tertiary alicyclic amines) is 1. The van der Waals surface area contributed by atoms with Gasteiger partial charge in [0.15, 0.2) is 0 Å². The van der Waals surface area contributed by atoms with E-state index in [1.54, 1.807) is 7.11 Å². The lowest BCUT2D eigenvalue weighted by Gasteiger charge is -2.29. The van der Waals surface area contributed by atoms with E-state index in [2.05, 4.69) is 6.92 Å². The predicted octanol–water partition coefficient (Wildman–Crippen LogP) is 1.23. The summed E-state index contributed by atoms with van der Waals surface area (Å²) in [5, 5.41) is 0. The summed E-state index contributed by atoms with van der Waals surface area (Å²) in [5.41, 5.74) is 7.71. The molecule has 1 unspecified atom stereocenters. The first kappa shape index (κ1) is 14.5. The number of carbonyl (C=O) groups excluding carboxylic acids is 2. The standard InChI is InChI=1S/C15H20N2O3/c1-3-10-4-6-13(20-2)11(8-10)9-17-14(18)7-5-12(16)15(17)19/h4,6,8,12H,3,5,7,9,16H2,1-2H3. The van der Waals surface area contributed by atoms with Crippen LogP contribution in [0.5, 0.6) is 5.75 Å². The normalized spacial score (nSPS) is 19.4. The minimum absolute atomic E-state index is 0.166. The Morgan fingerprint density at radius 2 is 2.15 bits per heavy atom. The summed E-state index contributed by atoms with van der Waals surface area (Å²) >= 11 is 0. The zero-order chi connectivity index (χ0) is 14.7. The van der Waals surface area contributed by atoms with Crippen LogP contribution >= 0.6 is 0 Å². The lowest BCUT2D eigenvalue weighted by atomic mass is 10.0. The van der Waals surface area contributed by atoms with Gasteiger partial charge in [0.2, 0.25) is 11.8 Å². The van der Waals surface area contributed by atoms with E-state index in [0.29, 0.717) is 18.6 Å². The number of hydrogen-bond acceptors (Lipinski definition) is 4. The number of amides is 2. The van der Waals surface area contributed by atoms with Gasteiger partial charge in [0.1, 0.15) is 5.75 Å². The summed E-state index contributed by atoms with van der Waals surface area (Å²) in [7, 11) is 1.58. The van der Waals surface area contributed by atoms with Crippen molar-refractivity contribution in [1.29, 1.82) is 0 Å². The van der Waals surface area contributed by atoms with Gasteiger partial charge in [0.05, 0.1) is 19.7 Å². The number of hydrogen-bond donors (Lipinski definition) is 1. The van der Waals surface area contributed by atoms with E-state index in [-0.39, 0.29) is 18.4 Å². The van der Waals surface area contributed by atoms with E-state index < -0.39 is 6.04 Å². The number of imide groups is 1. The fraction of sp³-hybridized carbons (Fsp3) is 0.467. The van der Waals surface area contributed by atoms with Gasteiger partial charge in [-0.2, -0.15) is 0 Å². The Morgan fingerprint density at radius 1 is 1.40 bits per heavy atom. The van der Waals surface area contributed by atoms with Crippen LogP contribution in [0.3, 0.4) is 0 Å². The smallest absolute Gasteiger partial charge is 0.246 e. The monoisotopic (exact) mass is 276 g/mol. The Labute approximate surface area is 118 Å². The molecule has 1 atom stereocenters. The molecule has 2 amide bonds. The molecule has 1 aliphatic heterocycles. The Balaban J connectivity index is 2.27. The molecule has 5 heteroatoms. The first-order chi connectivity index (χ1) is 9.56. The topological polar surface area (TPSA) is 72.6 Å². The highest BCUT2D eigenvalue weighted by molar-refractivity contribution is 6.00. The van der Waals surface area contributed by atoms with E-state index in [1.165, 1.54) is 4.90 Å². The number of rotatable bonds is 4. The van der Waals surface area contributed by atoms with Gasteiger partial charge in [-0.05, 0) is 24.5 Å². The van der Waals surface area contributed by atoms with Crippen molar-refractivity contribution in [3.05, 3.63) is 29.3 Å². The Kier molecular flexibility index (Phi) is 4.39. The number of benzene rings is 1. The molecule has 20 heavy (non-hydrogen) atoms. The van der Waals surface area contributed by atoms with Crippen LogP contribution in [0.2, 0.25) is 0 Å². The van der Waals surface area contributed by atoms with Crippen molar-refractivity contribution in [2.24, 2.45) is 5.73 Å². The summed E-state index contributed by atoms with van der Waals surface area (Å²) in [6.07, 6.45) is 1.64. The fourth-order valence-electron chi connectivity index (χ4n) is 2.37. The van der Waals surface area contributed by atoms with Crippen LogP contribution in [0.25, 0.3) is 0 Å². The third-order valence-electron chi connectivity index (χ3n) is 3.64. The molecular weight excluding hydrogens is 256 g/mol. The molecule has 1 heterocycles. The molecule has 0 aliphatic carbocycles. The van der Waals surface area contributed by atoms with Crippen LogP contribution in [0.4, 0.5) is 0 Å². The second-order valence-electron chi connectivity index (χ2n) is 4.96. The number of methoxy groups -OCH3 is 1. The maximum atomic E-state index is 12.0. The molecule has 1 saturated heterocycles. The minimum Gasteiger partial charge on any atom is -0.496 e. The highest BCUT2D eigenvalue weighted by atomic mass is 16.5. The lowest BCUT2D eigenvalue weighted by Crippen LogP contribution is -2.50. The molecule has 108 valence electrons. The summed E-state index contributed by atoms with van der Waals surface area (Å²) in [4.78, 5) is 25.2. The number of carbonyl (C=O) groups is 2. The second-order valence-corrected chi connectivity index (χ2v) is 4.96. The fourth-order valence-corrected chi connectivity index (χ4v) is 2.37. The van der Waals surface area contributed by atoms with E-state index in [4.69, 9.17) is 10.5 Å². The molecule has 5 nitrogen and oxygen atoms in total. The summed E-state index contributed by atoms with van der Waals surface area (Å²) in [6.45, 7) is 2.28. The second kappa shape index (κ2) is 6.05. The maximum Gasteiger partial charge on any atom is 0.246 e. The van der Waals surface area contributed by atoms with E-state index >= 15 is 0 Å². The minimum atomic E-state index is -0.576. The molecule has 0 aromatic heterocycles. The molecule has 0 spiro atoms. The van der Waals surface area contributed by atoms with Crippen LogP contribution in [0, 0.1) is 0 Å². The zero-order valence-corrected chi connectivity index (χ0v) is 11.9. The summed E-state index contributed by atoms with van der Waals surface area (Å²) in [6, 6.07) is 5.24. The van der Waals surface area contributed by atoms with Gasteiger partial charge in [0.25, 0.3) is 0 Å². The Bertz CT molecular complexity index is 528. The van der Waals surface area contributed by atoms with Gasteiger partial charge in [-0.1, -0.05) is 19.1 Å². The van der Waals surface area contributed by atoms with Crippen molar-refractivity contribution in [1.82, 2.24) is 4.90 Å². The van der Waals surface area contributed by atoms with Crippen molar-refractivity contribution in [3.8, 4) is 5.75 Å². The number of nitrogens with two attached hydrogens (primary N) is 1. The van der Waals surface area contributed by atoms with Crippen molar-refractivity contribution >= 4 is 11.8 Å². The van der Waals surface area contributed by atoms with Crippen LogP contribution in [0.15, 0.2) is 18.2 Å². The van der Waals surface area contributed by atoms with Gasteiger partial charge in [-0.25, -0.2) is 0 Å². The zero-order valence-electron chi connectivity index (χ0n) is 11.9. The average molecular weight is 276 g/mol. The van der Waals surface area contributed by atoms with Gasteiger partial charge >= 0.3 is 0 Å². The summed E-state index contributed by atoms with van der Waals surface area (Å²) < 4.78 is 5.30. The molecule has 1 aliphatic rings. The molecular formula is C15H20N2O3. The van der Waals surface area contributed by atoms with Crippen LogP contribution in [-0.2, 0) is 22.6 Å². The average Bonchev–Trinajstić information content (AvgIpc) is 2.47. The number of aryl methyl sites for hydroxylation is 1. The molecule has 2 N–H and O–H groups in total. The van der Waals surface area contributed by atoms with Crippen molar-refractivity contribution in [2.45, 2.75) is 38.8 Å². The molecule has 0 saturated carbocycles. The number of piperidine rings is 1. The first-order valence-corrected chi connectivity index (χ1v) is 6.82. The highest BCUT2D eigenvalue weighted by Crippen LogP contribution is 2.24. The van der Waals surface area contributed by atoms with Gasteiger partial charge < -0.3 is 10.5 Å². The lowest BCUT2D eigenvalue weighted by molar-refractivity contribution is -0.149. The van der Waals surface area contributed by atoms with E-state index in [1.807, 2.05) is 18.2 Å². The predicted molar refractivity (Wildman–Crippen MR) is 75.1 cm³/mol. The molecule has 1 fully saturated rings. The van der Waals surface area contributed by atoms with E-state index in [0.717, 1.165) is 17.5 Å². The largest absolute Gasteiger partial charge is 0.496 e. The summed E-state index contributed by atoms with van der Waals surface area (Å²) in [5.74, 6) is 0.216. The van der Waals surface area contributed by atoms with Crippen LogP contribution in [-0.4, -0.2) is 29.9 Å². The Hall–Kier alpha value is -1.88. The third kappa shape index (κ3) is 2.82. The molecule has 0 radical (unpaired) electrons. The molecule has 0 bridgehead atoms. The molecule has 2 rings (SSSR count). The van der Waals surface area contributed by atoms with Gasteiger partial charge in [-0.3, -0.25) is 14.5 Å². The van der Waals surface area contributed by atoms with Crippen molar-refractivity contribution in [3.63, 3.8) is 0 Å². The quantitative estimate of drug-likeness (QED) is 0.840. The third-order valence-corrected chi connectivity index (χ3v) is 3.64. The van der Waals surface area contributed by atoms with Crippen molar-refractivity contribution < 1.29 is 14.3 Å². The Morgan fingerprint density at radius 3 is 2.80 bits per heavy atom. The van der Waals surface area contributed by atoms with Crippen LogP contribution in [0.1, 0.15) is 30.9 Å². The van der Waals surface area contributed by atoms with Crippen LogP contribution < -0.4 is 10.5 Å².